The quantitative estimate of drug-likeness (QED) is 0.303. The van der Waals surface area contributed by atoms with E-state index in [4.69, 9.17) is 13.3 Å². The number of carbonyl (C=O) groups is 1. The summed E-state index contributed by atoms with van der Waals surface area (Å²) in [5.41, 5.74) is 1.64. The lowest BCUT2D eigenvalue weighted by Gasteiger charge is -2.23. The molecular weight excluding hydrogens is 274 g/mol. The Labute approximate surface area is 120 Å². The SMILES string of the molecule is CO[Si](CCCN=Cc1ccc(C=O)cc1)(OC)OC. The van der Waals surface area contributed by atoms with Gasteiger partial charge >= 0.3 is 8.80 Å². The van der Waals surface area contributed by atoms with Crippen molar-refractivity contribution in [2.24, 2.45) is 4.99 Å². The molecule has 0 N–H and O–H groups in total. The molecule has 0 spiro atoms. The molecule has 6 heteroatoms. The molecule has 0 atom stereocenters. The predicted molar refractivity (Wildman–Crippen MR) is 80.5 cm³/mol. The standard InChI is InChI=1S/C14H21NO4Si/c1-17-20(18-2,19-3)10-4-9-15-11-13-5-7-14(12-16)8-6-13/h5-8,11-12H,4,9-10H2,1-3H3. The van der Waals surface area contributed by atoms with Gasteiger partial charge in [-0.1, -0.05) is 24.3 Å². The molecule has 1 aromatic rings. The highest BCUT2D eigenvalue weighted by atomic mass is 28.4. The number of hydrogen-bond acceptors (Lipinski definition) is 5. The van der Waals surface area contributed by atoms with Gasteiger partial charge in [0.2, 0.25) is 0 Å². The van der Waals surface area contributed by atoms with Crippen LogP contribution in [0, 0.1) is 0 Å². The molecular formula is C14H21NO4Si. The van der Waals surface area contributed by atoms with E-state index in [-0.39, 0.29) is 0 Å². The summed E-state index contributed by atoms with van der Waals surface area (Å²) in [7, 11) is 2.35. The number of benzene rings is 1. The Balaban J connectivity index is 2.39. The molecule has 0 bridgehead atoms. The van der Waals surface area contributed by atoms with Crippen LogP contribution in [0.3, 0.4) is 0 Å². The molecule has 0 fully saturated rings. The Kier molecular flexibility index (Phi) is 7.31. The highest BCUT2D eigenvalue weighted by molar-refractivity contribution is 6.60. The maximum Gasteiger partial charge on any atom is 0.500 e. The third-order valence-electron chi connectivity index (χ3n) is 3.02. The second-order valence-electron chi connectivity index (χ2n) is 4.22. The Morgan fingerprint density at radius 3 is 2.10 bits per heavy atom. The van der Waals surface area contributed by atoms with Crippen LogP contribution in [0.4, 0.5) is 0 Å². The Hall–Kier alpha value is -1.34. The number of hydrogen-bond donors (Lipinski definition) is 0. The van der Waals surface area contributed by atoms with E-state index in [0.717, 1.165) is 24.3 Å². The molecule has 0 saturated carbocycles. The molecule has 5 nitrogen and oxygen atoms in total. The highest BCUT2D eigenvalue weighted by Crippen LogP contribution is 2.14. The van der Waals surface area contributed by atoms with E-state index < -0.39 is 8.80 Å². The van der Waals surface area contributed by atoms with Crippen molar-refractivity contribution in [1.82, 2.24) is 0 Å². The van der Waals surface area contributed by atoms with Gasteiger partial charge in [-0.2, -0.15) is 0 Å². The molecule has 0 aliphatic heterocycles. The summed E-state index contributed by atoms with van der Waals surface area (Å²) in [6.07, 6.45) is 3.46. The molecule has 0 heterocycles. The minimum absolute atomic E-state index is 0.665. The van der Waals surface area contributed by atoms with Crippen molar-refractivity contribution in [2.75, 3.05) is 27.9 Å². The molecule has 0 aromatic heterocycles. The van der Waals surface area contributed by atoms with Gasteiger partial charge in [-0.05, 0) is 12.0 Å². The van der Waals surface area contributed by atoms with Crippen LogP contribution in [0.5, 0.6) is 0 Å². The van der Waals surface area contributed by atoms with Crippen molar-refractivity contribution in [3.63, 3.8) is 0 Å². The van der Waals surface area contributed by atoms with Crippen molar-refractivity contribution in [3.8, 4) is 0 Å². The van der Waals surface area contributed by atoms with Gasteiger partial charge in [-0.25, -0.2) is 0 Å². The van der Waals surface area contributed by atoms with Crippen molar-refractivity contribution in [2.45, 2.75) is 12.5 Å². The van der Waals surface area contributed by atoms with Crippen LogP contribution in [0.2, 0.25) is 6.04 Å². The highest BCUT2D eigenvalue weighted by Gasteiger charge is 2.36. The first-order valence-corrected chi connectivity index (χ1v) is 8.33. The average Bonchev–Trinajstić information content (AvgIpc) is 2.52. The summed E-state index contributed by atoms with van der Waals surface area (Å²) >= 11 is 0. The molecule has 0 unspecified atom stereocenters. The summed E-state index contributed by atoms with van der Waals surface area (Å²) in [5, 5.41) is 0. The van der Waals surface area contributed by atoms with Gasteiger partial charge in [0, 0.05) is 45.7 Å². The average molecular weight is 295 g/mol. The van der Waals surface area contributed by atoms with Gasteiger partial charge in [0.05, 0.1) is 0 Å². The van der Waals surface area contributed by atoms with Crippen molar-refractivity contribution in [3.05, 3.63) is 35.4 Å². The van der Waals surface area contributed by atoms with Crippen LogP contribution < -0.4 is 0 Å². The van der Waals surface area contributed by atoms with Gasteiger partial charge in [0.15, 0.2) is 0 Å². The Morgan fingerprint density at radius 2 is 1.60 bits per heavy atom. The second kappa shape index (κ2) is 8.75. The molecule has 0 radical (unpaired) electrons. The number of aliphatic imine (C=N–C) groups is 1. The van der Waals surface area contributed by atoms with Crippen LogP contribution in [0.15, 0.2) is 29.3 Å². The molecule has 0 aliphatic rings. The summed E-state index contributed by atoms with van der Waals surface area (Å²) < 4.78 is 16.0. The zero-order valence-electron chi connectivity index (χ0n) is 12.2. The van der Waals surface area contributed by atoms with Crippen LogP contribution in [0.25, 0.3) is 0 Å². The van der Waals surface area contributed by atoms with Gasteiger partial charge in [-0.15, -0.1) is 0 Å². The van der Waals surface area contributed by atoms with Crippen molar-refractivity contribution < 1.29 is 18.1 Å². The molecule has 0 amide bonds. The van der Waals surface area contributed by atoms with E-state index >= 15 is 0 Å². The summed E-state index contributed by atoms with van der Waals surface area (Å²) in [5.74, 6) is 0. The minimum Gasteiger partial charge on any atom is -0.377 e. The lowest BCUT2D eigenvalue weighted by molar-refractivity contribution is 0.112. The molecule has 20 heavy (non-hydrogen) atoms. The third-order valence-corrected chi connectivity index (χ3v) is 5.85. The summed E-state index contributed by atoms with van der Waals surface area (Å²) in [6.45, 7) is 0.681. The number of aldehydes is 1. The van der Waals surface area contributed by atoms with Gasteiger partial charge in [0.25, 0.3) is 0 Å². The van der Waals surface area contributed by atoms with Gasteiger partial charge in [0.1, 0.15) is 6.29 Å². The van der Waals surface area contributed by atoms with E-state index in [1.165, 1.54) is 0 Å². The van der Waals surface area contributed by atoms with Crippen LogP contribution >= 0.6 is 0 Å². The lowest BCUT2D eigenvalue weighted by Crippen LogP contribution is -2.42. The molecule has 110 valence electrons. The van der Waals surface area contributed by atoms with Crippen LogP contribution in [0.1, 0.15) is 22.3 Å². The van der Waals surface area contributed by atoms with Crippen molar-refractivity contribution >= 4 is 21.3 Å². The van der Waals surface area contributed by atoms with Crippen LogP contribution in [-0.2, 0) is 13.3 Å². The molecule has 1 aromatic carbocycles. The fourth-order valence-corrected chi connectivity index (χ4v) is 3.48. The zero-order chi connectivity index (χ0) is 14.8. The van der Waals surface area contributed by atoms with E-state index in [0.29, 0.717) is 12.1 Å². The monoisotopic (exact) mass is 295 g/mol. The van der Waals surface area contributed by atoms with E-state index in [9.17, 15) is 4.79 Å². The summed E-state index contributed by atoms with van der Waals surface area (Å²) in [4.78, 5) is 14.9. The molecule has 0 aliphatic carbocycles. The largest absolute Gasteiger partial charge is 0.500 e. The Morgan fingerprint density at radius 1 is 1.05 bits per heavy atom. The number of carbonyl (C=O) groups excluding carboxylic acids is 1. The topological polar surface area (TPSA) is 57.1 Å². The zero-order valence-corrected chi connectivity index (χ0v) is 13.2. The molecule has 1 rings (SSSR count). The Bertz CT molecular complexity index is 421. The maximum absolute atomic E-state index is 10.5. The first-order chi connectivity index (χ1) is 9.69. The van der Waals surface area contributed by atoms with E-state index in [2.05, 4.69) is 4.99 Å². The smallest absolute Gasteiger partial charge is 0.377 e. The fraction of sp³-hybridized carbons (Fsp3) is 0.429. The second-order valence-corrected chi connectivity index (χ2v) is 7.31. The number of nitrogens with zero attached hydrogens (tertiary/aromatic N) is 1. The van der Waals surface area contributed by atoms with Gasteiger partial charge < -0.3 is 13.3 Å². The van der Waals surface area contributed by atoms with E-state index in [1.807, 2.05) is 12.1 Å². The lowest BCUT2D eigenvalue weighted by atomic mass is 10.2. The minimum atomic E-state index is -2.47. The summed E-state index contributed by atoms with van der Waals surface area (Å²) in [6, 6.07) is 8.01. The normalized spacial score (nSPS) is 11.9. The number of rotatable bonds is 9. The molecule has 0 saturated heterocycles. The first-order valence-electron chi connectivity index (χ1n) is 6.40. The third kappa shape index (κ3) is 4.97. The van der Waals surface area contributed by atoms with Crippen LogP contribution in [-0.4, -0.2) is 49.2 Å². The maximum atomic E-state index is 10.5. The van der Waals surface area contributed by atoms with Gasteiger partial charge in [-0.3, -0.25) is 9.79 Å². The first kappa shape index (κ1) is 16.7. The fourth-order valence-electron chi connectivity index (χ4n) is 1.77. The van der Waals surface area contributed by atoms with E-state index in [1.54, 1.807) is 39.7 Å². The predicted octanol–water partition coefficient (Wildman–Crippen LogP) is 2.19. The van der Waals surface area contributed by atoms with Crippen molar-refractivity contribution in [1.29, 1.82) is 0 Å².